The van der Waals surface area contributed by atoms with Gasteiger partial charge in [-0.1, -0.05) is 0 Å². The molecule has 3 heterocycles. The van der Waals surface area contributed by atoms with E-state index in [1.165, 1.54) is 13.0 Å². The standard InChI is InChI=1S/C22H34N5O15P/c1-8(28)14(24-9(2)29)18-15(25-10(3)30)11(31)6-22(41-18,20(34)35)42-43(37,38)39-7-12-16(32)17(33)19(40-12)27-5-4-13(23)26-21(27)36/h4-5,8,11-12,14-19,28,31-33H,6-7H2,1-3H3,(H,24,29)(H,25,30)(H,34,35)(H,37,38)(H2,23,26,36)/p-2/t8-,11-,12+,14-,15+,16+,17+,18-,19+,22+/m0/s1. The van der Waals surface area contributed by atoms with Gasteiger partial charge in [0.15, 0.2) is 6.23 Å². The quantitative estimate of drug-likeness (QED) is 0.111. The molecule has 0 aliphatic carbocycles. The zero-order valence-corrected chi connectivity index (χ0v) is 23.9. The number of hydrogen-bond acceptors (Lipinski definition) is 17. The van der Waals surface area contributed by atoms with Gasteiger partial charge in [0.1, 0.15) is 36.2 Å². The Bertz CT molecular complexity index is 1290. The minimum Gasteiger partial charge on any atom is -0.756 e. The van der Waals surface area contributed by atoms with Crippen molar-refractivity contribution >= 4 is 31.4 Å². The lowest BCUT2D eigenvalue weighted by Gasteiger charge is -2.50. The van der Waals surface area contributed by atoms with Crippen LogP contribution >= 0.6 is 7.82 Å². The molecular weight excluding hydrogens is 605 g/mol. The molecule has 1 aromatic heterocycles. The summed E-state index contributed by atoms with van der Waals surface area (Å²) in [6.07, 6.45) is -11.9. The number of nitrogens with two attached hydrogens (primary N) is 1. The average Bonchev–Trinajstić information content (AvgIpc) is 3.15. The van der Waals surface area contributed by atoms with Crippen molar-refractivity contribution in [3.05, 3.63) is 22.7 Å². The minimum absolute atomic E-state index is 0.141. The number of carboxylic acid groups (broad SMARTS) is 1. The number of aliphatic hydroxyl groups excluding tert-OH is 4. The fourth-order valence-corrected chi connectivity index (χ4v) is 5.64. The van der Waals surface area contributed by atoms with Crippen LogP contribution < -0.4 is 32.1 Å². The molecule has 11 atom stereocenters. The molecule has 2 aliphatic heterocycles. The number of phosphoric ester groups is 1. The molecule has 242 valence electrons. The minimum atomic E-state index is -5.78. The number of aliphatic hydroxyl groups is 4. The predicted molar refractivity (Wildman–Crippen MR) is 134 cm³/mol. The van der Waals surface area contributed by atoms with Crippen LogP contribution in [0.15, 0.2) is 17.1 Å². The van der Waals surface area contributed by atoms with Crippen LogP contribution in [0.2, 0.25) is 0 Å². The first-order chi connectivity index (χ1) is 19.9. The topological polar surface area (TPSA) is 317 Å². The molecule has 2 aliphatic rings. The molecule has 0 radical (unpaired) electrons. The molecular formula is C22H32N5O15P-2. The van der Waals surface area contributed by atoms with Gasteiger partial charge in [-0.05, 0) is 13.0 Å². The highest BCUT2D eigenvalue weighted by molar-refractivity contribution is 7.45. The number of aliphatic carboxylic acids is 1. The highest BCUT2D eigenvalue weighted by atomic mass is 31.2. The molecule has 2 fully saturated rings. The number of hydrogen-bond donors (Lipinski definition) is 7. The number of carbonyl (C=O) groups excluding carboxylic acids is 3. The Hall–Kier alpha value is -3.04. The molecule has 0 saturated carbocycles. The maximum absolute atomic E-state index is 12.8. The summed E-state index contributed by atoms with van der Waals surface area (Å²) in [5.74, 6) is -7.22. The lowest BCUT2D eigenvalue weighted by Crippen LogP contribution is -2.71. The summed E-state index contributed by atoms with van der Waals surface area (Å²) in [6.45, 7) is 2.20. The Morgan fingerprint density at radius 2 is 1.93 bits per heavy atom. The second kappa shape index (κ2) is 13.3. The van der Waals surface area contributed by atoms with E-state index < -0.39 is 105 Å². The van der Waals surface area contributed by atoms with E-state index in [0.29, 0.717) is 0 Å². The largest absolute Gasteiger partial charge is 0.756 e. The Morgan fingerprint density at radius 1 is 1.28 bits per heavy atom. The van der Waals surface area contributed by atoms with Gasteiger partial charge < -0.3 is 65.6 Å². The fourth-order valence-electron chi connectivity index (χ4n) is 4.70. The number of rotatable bonds is 11. The van der Waals surface area contributed by atoms with Crippen LogP contribution in [-0.4, -0.2) is 109 Å². The van der Waals surface area contributed by atoms with E-state index in [9.17, 15) is 54.2 Å². The van der Waals surface area contributed by atoms with Crippen molar-refractivity contribution in [2.75, 3.05) is 12.3 Å². The van der Waals surface area contributed by atoms with Gasteiger partial charge in [-0.2, -0.15) is 4.98 Å². The number of nitrogens with one attached hydrogen (secondary N) is 2. The number of nitrogen functional groups attached to an aromatic ring is 1. The predicted octanol–water partition coefficient (Wildman–Crippen LogP) is -6.07. The molecule has 1 unspecified atom stereocenters. The maximum Gasteiger partial charge on any atom is 0.351 e. The Morgan fingerprint density at radius 3 is 2.47 bits per heavy atom. The molecule has 3 rings (SSSR count). The van der Waals surface area contributed by atoms with Crippen LogP contribution in [0.5, 0.6) is 0 Å². The van der Waals surface area contributed by atoms with Crippen LogP contribution in [0, 0.1) is 0 Å². The summed E-state index contributed by atoms with van der Waals surface area (Å²) in [5, 5.41) is 58.5. The second-order valence-electron chi connectivity index (χ2n) is 10.0. The molecule has 21 heteroatoms. The summed E-state index contributed by atoms with van der Waals surface area (Å²) < 4.78 is 33.8. The third-order valence-electron chi connectivity index (χ3n) is 6.62. The monoisotopic (exact) mass is 637 g/mol. The molecule has 43 heavy (non-hydrogen) atoms. The fraction of sp³-hybridized carbons (Fsp3) is 0.682. The van der Waals surface area contributed by atoms with Crippen molar-refractivity contribution in [2.45, 2.75) is 87.9 Å². The molecule has 2 saturated heterocycles. The normalized spacial score (nSPS) is 33.6. The highest BCUT2D eigenvalue weighted by Crippen LogP contribution is 2.48. The SMILES string of the molecule is CC(=O)N[C@H]([C@@H]1O[C@](OP(=O)([O-])OC[C@H]2O[C@@H](n3ccc(N)nc3=O)[C@H](O)[C@@H]2O)(C(=O)[O-])C[C@H](O)[C@H]1NC(C)=O)[C@H](C)O. The van der Waals surface area contributed by atoms with Crippen molar-refractivity contribution in [1.29, 1.82) is 0 Å². The van der Waals surface area contributed by atoms with E-state index in [-0.39, 0.29) is 5.82 Å². The smallest absolute Gasteiger partial charge is 0.351 e. The summed E-state index contributed by atoms with van der Waals surface area (Å²) in [7, 11) is -5.78. The Balaban J connectivity index is 1.83. The number of carbonyl (C=O) groups is 3. The number of amides is 2. The van der Waals surface area contributed by atoms with E-state index >= 15 is 0 Å². The van der Waals surface area contributed by atoms with Crippen molar-refractivity contribution < 1.29 is 67.9 Å². The summed E-state index contributed by atoms with van der Waals surface area (Å²) in [5.41, 5.74) is 4.46. The summed E-state index contributed by atoms with van der Waals surface area (Å²) >= 11 is 0. The van der Waals surface area contributed by atoms with Gasteiger partial charge in [-0.3, -0.25) is 23.2 Å². The van der Waals surface area contributed by atoms with Crippen molar-refractivity contribution in [3.63, 3.8) is 0 Å². The van der Waals surface area contributed by atoms with E-state index in [4.69, 9.17) is 24.3 Å². The van der Waals surface area contributed by atoms with Gasteiger partial charge >= 0.3 is 5.69 Å². The third kappa shape index (κ3) is 7.92. The maximum atomic E-state index is 12.8. The van der Waals surface area contributed by atoms with E-state index in [1.807, 2.05) is 0 Å². The number of aromatic nitrogens is 2. The van der Waals surface area contributed by atoms with E-state index in [0.717, 1.165) is 24.6 Å². The number of phosphoric acid groups is 1. The first kappa shape index (κ1) is 34.5. The van der Waals surface area contributed by atoms with Crippen molar-refractivity contribution in [3.8, 4) is 0 Å². The summed E-state index contributed by atoms with van der Waals surface area (Å²) in [4.78, 5) is 64.1. The van der Waals surface area contributed by atoms with Crippen LogP contribution in [0.1, 0.15) is 33.4 Å². The Labute approximate surface area is 242 Å². The average molecular weight is 637 g/mol. The molecule has 0 aromatic carbocycles. The second-order valence-corrected chi connectivity index (χ2v) is 11.3. The van der Waals surface area contributed by atoms with Crippen LogP contribution in [0.3, 0.4) is 0 Å². The van der Waals surface area contributed by atoms with Gasteiger partial charge in [0.25, 0.3) is 7.82 Å². The molecule has 0 bridgehead atoms. The third-order valence-corrected chi connectivity index (χ3v) is 7.60. The van der Waals surface area contributed by atoms with E-state index in [2.05, 4.69) is 15.6 Å². The zero-order chi connectivity index (χ0) is 32.4. The van der Waals surface area contributed by atoms with Gasteiger partial charge in [-0.15, -0.1) is 0 Å². The number of carboxylic acids is 1. The van der Waals surface area contributed by atoms with Crippen LogP contribution in [-0.2, 0) is 37.5 Å². The first-order valence-electron chi connectivity index (χ1n) is 12.7. The number of nitrogens with zero attached hydrogens (tertiary/aromatic N) is 2. The number of anilines is 1. The molecule has 8 N–H and O–H groups in total. The number of ether oxygens (including phenoxy) is 2. The van der Waals surface area contributed by atoms with Gasteiger partial charge in [0, 0.05) is 26.5 Å². The first-order valence-corrected chi connectivity index (χ1v) is 14.2. The zero-order valence-electron chi connectivity index (χ0n) is 23.0. The molecule has 0 spiro atoms. The summed E-state index contributed by atoms with van der Waals surface area (Å²) in [6, 6.07) is -1.78. The van der Waals surface area contributed by atoms with Gasteiger partial charge in [0.2, 0.25) is 17.6 Å². The highest BCUT2D eigenvalue weighted by Gasteiger charge is 2.54. The molecule has 20 nitrogen and oxygen atoms in total. The van der Waals surface area contributed by atoms with Crippen molar-refractivity contribution in [2.24, 2.45) is 0 Å². The van der Waals surface area contributed by atoms with Crippen LogP contribution in [0.25, 0.3) is 0 Å². The van der Waals surface area contributed by atoms with Gasteiger partial charge in [-0.25, -0.2) is 4.79 Å². The van der Waals surface area contributed by atoms with Crippen LogP contribution in [0.4, 0.5) is 5.82 Å². The van der Waals surface area contributed by atoms with Crippen molar-refractivity contribution in [1.82, 2.24) is 20.2 Å². The molecule has 2 amide bonds. The Kier molecular flexibility index (Phi) is 10.7. The lowest BCUT2D eigenvalue weighted by molar-refractivity contribution is -0.374. The molecule has 1 aromatic rings. The van der Waals surface area contributed by atoms with E-state index in [1.54, 1.807) is 0 Å². The lowest BCUT2D eigenvalue weighted by atomic mass is 9.87. The van der Waals surface area contributed by atoms with Gasteiger partial charge in [0.05, 0.1) is 30.9 Å².